The molecule has 2 heterocycles. The van der Waals surface area contributed by atoms with E-state index in [0.29, 0.717) is 38.9 Å². The molecule has 32 heavy (non-hydrogen) atoms. The Morgan fingerprint density at radius 1 is 0.781 bits per heavy atom. The van der Waals surface area contributed by atoms with Gasteiger partial charge in [-0.05, 0) is 53.9 Å². The summed E-state index contributed by atoms with van der Waals surface area (Å²) < 4.78 is 29.3. The van der Waals surface area contributed by atoms with Gasteiger partial charge >= 0.3 is 0 Å². The van der Waals surface area contributed by atoms with Gasteiger partial charge in [-0.3, -0.25) is 4.40 Å². The molecule has 0 atom stereocenters. The zero-order valence-corrected chi connectivity index (χ0v) is 16.9. The molecule has 3 aromatic carbocycles. The monoisotopic (exact) mass is 420 g/mol. The Morgan fingerprint density at radius 3 is 1.91 bits per heavy atom. The van der Waals surface area contributed by atoms with Crippen LogP contribution in [0.15, 0.2) is 66.9 Å². The molecule has 0 N–H and O–H groups in total. The van der Waals surface area contributed by atoms with E-state index in [-0.39, 0.29) is 11.1 Å². The predicted octanol–water partition coefficient (Wildman–Crippen LogP) is 6.15. The summed E-state index contributed by atoms with van der Waals surface area (Å²) in [7, 11) is 0. The number of halogens is 2. The van der Waals surface area contributed by atoms with Crippen LogP contribution in [0.3, 0.4) is 0 Å². The molecule has 5 aromatic rings. The van der Waals surface area contributed by atoms with Crippen molar-refractivity contribution in [1.29, 1.82) is 10.5 Å². The summed E-state index contributed by atoms with van der Waals surface area (Å²) in [6.45, 7) is 1.91. The molecule has 0 radical (unpaired) electrons. The van der Waals surface area contributed by atoms with Crippen LogP contribution in [0.5, 0.6) is 0 Å². The number of hydrogen-bond donors (Lipinski definition) is 0. The lowest BCUT2D eigenvalue weighted by atomic mass is 9.87. The first kappa shape index (κ1) is 19.4. The van der Waals surface area contributed by atoms with Gasteiger partial charge in [-0.15, -0.1) is 0 Å². The molecule has 6 heteroatoms. The van der Waals surface area contributed by atoms with Gasteiger partial charge in [0.2, 0.25) is 0 Å². The summed E-state index contributed by atoms with van der Waals surface area (Å²) >= 11 is 0. The molecular formula is C26H14F2N4. The zero-order valence-electron chi connectivity index (χ0n) is 16.9. The third-order valence-corrected chi connectivity index (χ3v) is 5.56. The van der Waals surface area contributed by atoms with Gasteiger partial charge in [-0.2, -0.15) is 10.5 Å². The summed E-state index contributed by atoms with van der Waals surface area (Å²) in [5.41, 5.74) is 5.20. The molecule has 0 unspecified atom stereocenters. The topological polar surface area (TPSA) is 64.9 Å². The molecule has 0 amide bonds. The van der Waals surface area contributed by atoms with Crippen LogP contribution in [-0.2, 0) is 0 Å². The number of hydrogen-bond acceptors (Lipinski definition) is 3. The average Bonchev–Trinajstić information content (AvgIpc) is 3.19. The lowest BCUT2D eigenvalue weighted by Crippen LogP contribution is -1.99. The van der Waals surface area contributed by atoms with E-state index in [9.17, 15) is 19.3 Å². The van der Waals surface area contributed by atoms with Crippen molar-refractivity contribution in [2.24, 2.45) is 0 Å². The van der Waals surface area contributed by atoms with Gasteiger partial charge in [0.25, 0.3) is 0 Å². The summed E-state index contributed by atoms with van der Waals surface area (Å²) in [4.78, 5) is 4.70. The maximum atomic E-state index is 13.7. The van der Waals surface area contributed by atoms with Crippen molar-refractivity contribution in [1.82, 2.24) is 9.38 Å². The zero-order chi connectivity index (χ0) is 22.4. The highest BCUT2D eigenvalue weighted by Crippen LogP contribution is 2.43. The maximum Gasteiger partial charge on any atom is 0.140 e. The standard InChI is InChI=1S/C26H14F2N4/c1-15-3-2-12-32-25-23(17-6-10-19(28)11-7-17)22(16-4-8-18(27)9-5-16)20(13-29)21(14-30)24(25)31-26(15)32/h2-12H,1H3. The van der Waals surface area contributed by atoms with E-state index in [2.05, 4.69) is 12.1 Å². The van der Waals surface area contributed by atoms with Crippen LogP contribution in [-0.4, -0.2) is 9.38 Å². The Bertz CT molecular complexity index is 1600. The van der Waals surface area contributed by atoms with Crippen molar-refractivity contribution in [3.05, 3.63) is 95.2 Å². The number of imidazole rings is 1. The van der Waals surface area contributed by atoms with Gasteiger partial charge < -0.3 is 0 Å². The molecule has 0 bridgehead atoms. The van der Waals surface area contributed by atoms with Gasteiger partial charge in [0.15, 0.2) is 0 Å². The Morgan fingerprint density at radius 2 is 1.34 bits per heavy atom. The molecule has 0 saturated carbocycles. The normalized spacial score (nSPS) is 10.9. The highest BCUT2D eigenvalue weighted by molar-refractivity contribution is 6.07. The van der Waals surface area contributed by atoms with Gasteiger partial charge in [0.1, 0.15) is 34.9 Å². The first-order valence-corrected chi connectivity index (χ1v) is 9.83. The van der Waals surface area contributed by atoms with Crippen LogP contribution >= 0.6 is 0 Å². The molecular weight excluding hydrogens is 406 g/mol. The van der Waals surface area contributed by atoms with Gasteiger partial charge in [-0.25, -0.2) is 13.8 Å². The van der Waals surface area contributed by atoms with Crippen LogP contribution in [0.4, 0.5) is 8.78 Å². The number of benzene rings is 3. The van der Waals surface area contributed by atoms with Crippen LogP contribution in [0.1, 0.15) is 16.7 Å². The fourth-order valence-electron chi connectivity index (χ4n) is 4.13. The minimum absolute atomic E-state index is 0.145. The lowest BCUT2D eigenvalue weighted by molar-refractivity contribution is 0.627. The Balaban J connectivity index is 2.09. The summed E-state index contributed by atoms with van der Waals surface area (Å²) in [6.07, 6.45) is 1.84. The maximum absolute atomic E-state index is 13.7. The minimum Gasteiger partial charge on any atom is -0.299 e. The van der Waals surface area contributed by atoms with Crippen molar-refractivity contribution < 1.29 is 8.78 Å². The second-order valence-corrected chi connectivity index (χ2v) is 7.43. The summed E-state index contributed by atoms with van der Waals surface area (Å²) in [6, 6.07) is 19.8. The third-order valence-electron chi connectivity index (χ3n) is 5.56. The fourth-order valence-corrected chi connectivity index (χ4v) is 4.13. The Hall–Kier alpha value is -4.55. The van der Waals surface area contributed by atoms with E-state index in [1.165, 1.54) is 24.3 Å². The first-order chi connectivity index (χ1) is 15.5. The van der Waals surface area contributed by atoms with Crippen molar-refractivity contribution in [3.63, 3.8) is 0 Å². The second-order valence-electron chi connectivity index (χ2n) is 7.43. The van der Waals surface area contributed by atoms with E-state index < -0.39 is 11.6 Å². The Labute approximate surface area is 182 Å². The Kier molecular flexibility index (Phi) is 4.43. The van der Waals surface area contributed by atoms with Crippen molar-refractivity contribution in [2.45, 2.75) is 6.92 Å². The molecule has 2 aromatic heterocycles. The molecule has 0 fully saturated rings. The van der Waals surface area contributed by atoms with Gasteiger partial charge in [0, 0.05) is 17.3 Å². The van der Waals surface area contributed by atoms with Crippen molar-refractivity contribution in [3.8, 4) is 34.4 Å². The summed E-state index contributed by atoms with van der Waals surface area (Å²) in [5.74, 6) is -0.806. The van der Waals surface area contributed by atoms with Gasteiger partial charge in [0.05, 0.1) is 16.6 Å². The number of nitrogens with zero attached hydrogens (tertiary/aromatic N) is 4. The molecule has 0 aliphatic rings. The third kappa shape index (κ3) is 2.82. The van der Waals surface area contributed by atoms with Gasteiger partial charge in [-0.1, -0.05) is 30.3 Å². The second kappa shape index (κ2) is 7.30. The van der Waals surface area contributed by atoms with E-state index in [1.54, 1.807) is 24.3 Å². The number of aromatic nitrogens is 2. The van der Waals surface area contributed by atoms with E-state index in [1.807, 2.05) is 29.7 Å². The average molecular weight is 420 g/mol. The molecule has 0 aliphatic carbocycles. The van der Waals surface area contributed by atoms with E-state index >= 15 is 0 Å². The van der Waals surface area contributed by atoms with E-state index in [0.717, 1.165) is 5.56 Å². The molecule has 4 nitrogen and oxygen atoms in total. The first-order valence-electron chi connectivity index (χ1n) is 9.83. The number of fused-ring (bicyclic) bond motifs is 3. The number of rotatable bonds is 2. The molecule has 0 aliphatic heterocycles. The fraction of sp³-hybridized carbons (Fsp3) is 0.0385. The van der Waals surface area contributed by atoms with Crippen LogP contribution in [0, 0.1) is 41.2 Å². The minimum atomic E-state index is -0.414. The molecule has 0 saturated heterocycles. The summed E-state index contributed by atoms with van der Waals surface area (Å²) in [5, 5.41) is 20.1. The molecule has 5 rings (SSSR count). The smallest absolute Gasteiger partial charge is 0.140 e. The number of aryl methyl sites for hydroxylation is 1. The van der Waals surface area contributed by atoms with Crippen LogP contribution in [0.25, 0.3) is 38.9 Å². The largest absolute Gasteiger partial charge is 0.299 e. The highest BCUT2D eigenvalue weighted by atomic mass is 19.1. The van der Waals surface area contributed by atoms with Crippen molar-refractivity contribution in [2.75, 3.05) is 0 Å². The number of nitriles is 2. The quantitative estimate of drug-likeness (QED) is 0.344. The lowest BCUT2D eigenvalue weighted by Gasteiger charge is -2.16. The van der Waals surface area contributed by atoms with Crippen molar-refractivity contribution >= 4 is 16.7 Å². The highest BCUT2D eigenvalue weighted by Gasteiger charge is 2.25. The SMILES string of the molecule is Cc1cccn2c1nc1c(C#N)c(C#N)c(-c3ccc(F)cc3)c(-c3ccc(F)cc3)c12. The van der Waals surface area contributed by atoms with E-state index in [4.69, 9.17) is 4.98 Å². The van der Waals surface area contributed by atoms with Crippen LogP contribution in [0.2, 0.25) is 0 Å². The number of pyridine rings is 1. The molecule has 152 valence electrons. The molecule has 0 spiro atoms. The predicted molar refractivity (Wildman–Crippen MR) is 118 cm³/mol. The van der Waals surface area contributed by atoms with Crippen LogP contribution < -0.4 is 0 Å².